The van der Waals surface area contributed by atoms with Gasteiger partial charge >= 0.3 is 0 Å². The molecule has 0 aliphatic carbocycles. The molecular formula is C16H24FN3O. The number of likely N-dealkylation sites (tertiary alicyclic amines) is 1. The summed E-state index contributed by atoms with van der Waals surface area (Å²) in [4.78, 5) is 14.4. The van der Waals surface area contributed by atoms with Crippen molar-refractivity contribution in [2.45, 2.75) is 45.1 Å². The zero-order valence-electron chi connectivity index (χ0n) is 12.6. The first kappa shape index (κ1) is 15.8. The summed E-state index contributed by atoms with van der Waals surface area (Å²) in [5.74, 6) is -0.639. The Kier molecular flexibility index (Phi) is 5.56. The summed E-state index contributed by atoms with van der Waals surface area (Å²) in [5.41, 5.74) is 6.22. The van der Waals surface area contributed by atoms with E-state index in [1.165, 1.54) is 31.0 Å². The molecule has 0 bridgehead atoms. The Balaban J connectivity index is 1.98. The standard InChI is InChI=1S/C16H24FN3O/c1-2-13-6-4-3-5-9-20(13)11-16(21)19-15-10-12(18)7-8-14(15)17/h7-8,10,13H,2-6,9,11,18H2,1H3,(H,19,21). The molecule has 1 aromatic carbocycles. The minimum absolute atomic E-state index is 0.155. The van der Waals surface area contributed by atoms with Crippen LogP contribution in [0.3, 0.4) is 0 Å². The summed E-state index contributed by atoms with van der Waals surface area (Å²) in [6, 6.07) is 4.65. The Hall–Kier alpha value is -1.62. The maximum absolute atomic E-state index is 13.6. The fourth-order valence-corrected chi connectivity index (χ4v) is 2.92. The first-order chi connectivity index (χ1) is 10.1. The number of benzene rings is 1. The first-order valence-electron chi connectivity index (χ1n) is 7.69. The maximum atomic E-state index is 13.6. The van der Waals surface area contributed by atoms with Crippen molar-refractivity contribution in [2.24, 2.45) is 0 Å². The Morgan fingerprint density at radius 1 is 1.43 bits per heavy atom. The third kappa shape index (κ3) is 4.43. The van der Waals surface area contributed by atoms with Crippen LogP contribution in [-0.2, 0) is 4.79 Å². The summed E-state index contributed by atoms with van der Waals surface area (Å²) in [6.07, 6.45) is 5.74. The van der Waals surface area contributed by atoms with Crippen LogP contribution in [0.4, 0.5) is 15.8 Å². The van der Waals surface area contributed by atoms with E-state index in [0.29, 0.717) is 18.3 Å². The average Bonchev–Trinajstić information content (AvgIpc) is 2.68. The second-order valence-electron chi connectivity index (χ2n) is 5.67. The van der Waals surface area contributed by atoms with Gasteiger partial charge in [-0.25, -0.2) is 4.39 Å². The van der Waals surface area contributed by atoms with Crippen LogP contribution in [0.2, 0.25) is 0 Å². The van der Waals surface area contributed by atoms with Crippen LogP contribution in [0.25, 0.3) is 0 Å². The molecular weight excluding hydrogens is 269 g/mol. The summed E-state index contributed by atoms with van der Waals surface area (Å²) >= 11 is 0. The third-order valence-electron chi connectivity index (χ3n) is 4.08. The number of nitrogen functional groups attached to an aromatic ring is 1. The molecule has 0 radical (unpaired) electrons. The van der Waals surface area contributed by atoms with Crippen LogP contribution in [-0.4, -0.2) is 29.9 Å². The van der Waals surface area contributed by atoms with Gasteiger partial charge in [0.2, 0.25) is 5.91 Å². The van der Waals surface area contributed by atoms with Crippen molar-refractivity contribution >= 4 is 17.3 Å². The topological polar surface area (TPSA) is 58.4 Å². The van der Waals surface area contributed by atoms with E-state index in [-0.39, 0.29) is 11.6 Å². The number of carbonyl (C=O) groups excluding carboxylic acids is 1. The Bertz CT molecular complexity index is 492. The molecule has 4 nitrogen and oxygen atoms in total. The van der Waals surface area contributed by atoms with Crippen LogP contribution in [0.5, 0.6) is 0 Å². The molecule has 116 valence electrons. The number of hydrogen-bond donors (Lipinski definition) is 2. The van der Waals surface area contributed by atoms with Crippen molar-refractivity contribution in [2.75, 3.05) is 24.1 Å². The van der Waals surface area contributed by atoms with Gasteiger partial charge in [0.25, 0.3) is 0 Å². The van der Waals surface area contributed by atoms with Gasteiger partial charge in [-0.3, -0.25) is 9.69 Å². The third-order valence-corrected chi connectivity index (χ3v) is 4.08. The molecule has 3 N–H and O–H groups in total. The van der Waals surface area contributed by atoms with Crippen LogP contribution in [0, 0.1) is 5.82 Å². The number of hydrogen-bond acceptors (Lipinski definition) is 3. The van der Waals surface area contributed by atoms with Crippen LogP contribution < -0.4 is 11.1 Å². The van der Waals surface area contributed by atoms with Gasteiger partial charge in [-0.15, -0.1) is 0 Å². The molecule has 1 aromatic rings. The molecule has 2 rings (SSSR count). The molecule has 1 atom stereocenters. The maximum Gasteiger partial charge on any atom is 0.238 e. The zero-order chi connectivity index (χ0) is 15.2. The van der Waals surface area contributed by atoms with E-state index in [1.807, 2.05) is 0 Å². The first-order valence-corrected chi connectivity index (χ1v) is 7.69. The highest BCUT2D eigenvalue weighted by atomic mass is 19.1. The lowest BCUT2D eigenvalue weighted by Gasteiger charge is -2.28. The Morgan fingerprint density at radius 2 is 2.24 bits per heavy atom. The van der Waals surface area contributed by atoms with Gasteiger partial charge in [0.05, 0.1) is 12.2 Å². The largest absolute Gasteiger partial charge is 0.399 e. The highest BCUT2D eigenvalue weighted by Crippen LogP contribution is 2.20. The number of carbonyl (C=O) groups is 1. The van der Waals surface area contributed by atoms with Crippen LogP contribution in [0.1, 0.15) is 39.0 Å². The SMILES string of the molecule is CCC1CCCCCN1CC(=O)Nc1cc(N)ccc1F. The van der Waals surface area contributed by atoms with Crippen molar-refractivity contribution in [3.63, 3.8) is 0 Å². The van der Waals surface area contributed by atoms with Gasteiger partial charge in [0.1, 0.15) is 5.82 Å². The van der Waals surface area contributed by atoms with Crippen molar-refractivity contribution in [1.82, 2.24) is 4.90 Å². The highest BCUT2D eigenvalue weighted by Gasteiger charge is 2.21. The molecule has 1 amide bonds. The van der Waals surface area contributed by atoms with E-state index >= 15 is 0 Å². The number of nitrogens with two attached hydrogens (primary N) is 1. The lowest BCUT2D eigenvalue weighted by Crippen LogP contribution is -2.40. The molecule has 0 saturated carbocycles. The Labute approximate surface area is 125 Å². The zero-order valence-corrected chi connectivity index (χ0v) is 12.6. The molecule has 5 heteroatoms. The highest BCUT2D eigenvalue weighted by molar-refractivity contribution is 5.92. The minimum atomic E-state index is -0.458. The fourth-order valence-electron chi connectivity index (χ4n) is 2.92. The number of nitrogens with zero attached hydrogens (tertiary/aromatic N) is 1. The van der Waals surface area contributed by atoms with E-state index in [0.717, 1.165) is 25.8 Å². The smallest absolute Gasteiger partial charge is 0.238 e. The van der Waals surface area contributed by atoms with Crippen LogP contribution in [0.15, 0.2) is 18.2 Å². The fraction of sp³-hybridized carbons (Fsp3) is 0.562. The number of halogens is 1. The van der Waals surface area contributed by atoms with E-state index in [9.17, 15) is 9.18 Å². The molecule has 1 fully saturated rings. The second-order valence-corrected chi connectivity index (χ2v) is 5.67. The number of amides is 1. The quantitative estimate of drug-likeness (QED) is 0.839. The lowest BCUT2D eigenvalue weighted by atomic mass is 10.1. The monoisotopic (exact) mass is 293 g/mol. The van der Waals surface area contributed by atoms with E-state index in [2.05, 4.69) is 17.1 Å². The van der Waals surface area contributed by atoms with E-state index < -0.39 is 5.82 Å². The number of nitrogens with one attached hydrogen (secondary N) is 1. The molecule has 1 aliphatic heterocycles. The molecule has 21 heavy (non-hydrogen) atoms. The summed E-state index contributed by atoms with van der Waals surface area (Å²) < 4.78 is 13.6. The van der Waals surface area contributed by atoms with E-state index in [4.69, 9.17) is 5.73 Å². The van der Waals surface area contributed by atoms with E-state index in [1.54, 1.807) is 0 Å². The lowest BCUT2D eigenvalue weighted by molar-refractivity contribution is -0.117. The molecule has 1 unspecified atom stereocenters. The van der Waals surface area contributed by atoms with Gasteiger partial charge in [-0.05, 0) is 44.0 Å². The van der Waals surface area contributed by atoms with Crippen LogP contribution >= 0.6 is 0 Å². The molecule has 1 saturated heterocycles. The van der Waals surface area contributed by atoms with Crippen molar-refractivity contribution in [3.05, 3.63) is 24.0 Å². The minimum Gasteiger partial charge on any atom is -0.399 e. The Morgan fingerprint density at radius 3 is 3.00 bits per heavy atom. The summed E-state index contributed by atoms with van der Waals surface area (Å²) in [7, 11) is 0. The summed E-state index contributed by atoms with van der Waals surface area (Å²) in [5, 5.41) is 2.63. The molecule has 0 spiro atoms. The normalized spacial score (nSPS) is 20.0. The molecule has 0 aromatic heterocycles. The van der Waals surface area contributed by atoms with Gasteiger partial charge < -0.3 is 11.1 Å². The van der Waals surface area contributed by atoms with Gasteiger partial charge in [-0.1, -0.05) is 19.8 Å². The van der Waals surface area contributed by atoms with Gasteiger partial charge in [-0.2, -0.15) is 0 Å². The number of anilines is 2. The average molecular weight is 293 g/mol. The predicted molar refractivity (Wildman–Crippen MR) is 83.6 cm³/mol. The number of rotatable bonds is 4. The molecule has 1 heterocycles. The summed E-state index contributed by atoms with van der Waals surface area (Å²) in [6.45, 7) is 3.40. The van der Waals surface area contributed by atoms with Crippen molar-refractivity contribution in [1.29, 1.82) is 0 Å². The second kappa shape index (κ2) is 7.41. The van der Waals surface area contributed by atoms with Gasteiger partial charge in [0.15, 0.2) is 0 Å². The predicted octanol–water partition coefficient (Wildman–Crippen LogP) is 3.00. The van der Waals surface area contributed by atoms with Crippen molar-refractivity contribution < 1.29 is 9.18 Å². The molecule has 1 aliphatic rings. The van der Waals surface area contributed by atoms with Crippen molar-refractivity contribution in [3.8, 4) is 0 Å². The van der Waals surface area contributed by atoms with Gasteiger partial charge in [0, 0.05) is 11.7 Å².